The number of halogens is 1. The molecule has 17 heavy (non-hydrogen) atoms. The lowest BCUT2D eigenvalue weighted by molar-refractivity contribution is -0.121. The molecule has 4 nitrogen and oxygen atoms in total. The summed E-state index contributed by atoms with van der Waals surface area (Å²) in [5.74, 6) is -0.515. The number of nitrogens with one attached hydrogen (secondary N) is 2. The van der Waals surface area contributed by atoms with E-state index in [1.165, 1.54) is 18.2 Å². The Balaban J connectivity index is 2.64. The summed E-state index contributed by atoms with van der Waals surface area (Å²) < 4.78 is 13.0. The Morgan fingerprint density at radius 2 is 2.24 bits per heavy atom. The van der Waals surface area contributed by atoms with Crippen molar-refractivity contribution in [2.75, 3.05) is 17.6 Å². The van der Waals surface area contributed by atoms with Crippen LogP contribution in [0.15, 0.2) is 18.2 Å². The molecule has 94 valence electrons. The smallest absolute Gasteiger partial charge is 0.242 e. The molecular formula is C12H18FN3O. The lowest BCUT2D eigenvalue weighted by Crippen LogP contribution is -2.38. The van der Waals surface area contributed by atoms with E-state index in [9.17, 15) is 9.18 Å². The second-order valence-electron chi connectivity index (χ2n) is 3.89. The molecule has 0 aromatic heterocycles. The molecule has 1 amide bonds. The number of benzene rings is 1. The number of carbonyl (C=O) groups excluding carboxylic acids is 1. The SMILES string of the molecule is CCCNC(=O)C(C)Nc1cc(F)ccc1N. The van der Waals surface area contributed by atoms with Gasteiger partial charge in [-0.2, -0.15) is 0 Å². The van der Waals surface area contributed by atoms with Crippen molar-refractivity contribution in [2.24, 2.45) is 0 Å². The summed E-state index contributed by atoms with van der Waals surface area (Å²) in [5.41, 5.74) is 6.53. The van der Waals surface area contributed by atoms with Crippen molar-refractivity contribution in [2.45, 2.75) is 26.3 Å². The molecule has 5 heteroatoms. The van der Waals surface area contributed by atoms with Gasteiger partial charge in [-0.25, -0.2) is 4.39 Å². The van der Waals surface area contributed by atoms with Crippen molar-refractivity contribution in [1.29, 1.82) is 0 Å². The normalized spacial score (nSPS) is 11.9. The molecule has 1 aromatic carbocycles. The van der Waals surface area contributed by atoms with Gasteiger partial charge in [-0.05, 0) is 31.5 Å². The number of anilines is 2. The molecule has 0 radical (unpaired) electrons. The van der Waals surface area contributed by atoms with Gasteiger partial charge in [-0.1, -0.05) is 6.92 Å². The summed E-state index contributed by atoms with van der Waals surface area (Å²) >= 11 is 0. The van der Waals surface area contributed by atoms with Crippen molar-refractivity contribution in [1.82, 2.24) is 5.32 Å². The number of hydrogen-bond acceptors (Lipinski definition) is 3. The van der Waals surface area contributed by atoms with Crippen LogP contribution in [0.3, 0.4) is 0 Å². The van der Waals surface area contributed by atoms with Crippen LogP contribution in [-0.4, -0.2) is 18.5 Å². The van der Waals surface area contributed by atoms with Gasteiger partial charge in [0, 0.05) is 6.54 Å². The second-order valence-corrected chi connectivity index (χ2v) is 3.89. The highest BCUT2D eigenvalue weighted by Crippen LogP contribution is 2.19. The van der Waals surface area contributed by atoms with Crippen LogP contribution in [0.5, 0.6) is 0 Å². The lowest BCUT2D eigenvalue weighted by Gasteiger charge is -2.16. The average molecular weight is 239 g/mol. The van der Waals surface area contributed by atoms with Crippen LogP contribution in [0.2, 0.25) is 0 Å². The predicted octanol–water partition coefficient (Wildman–Crippen LogP) is 1.73. The zero-order valence-electron chi connectivity index (χ0n) is 10.1. The van der Waals surface area contributed by atoms with E-state index in [4.69, 9.17) is 5.73 Å². The largest absolute Gasteiger partial charge is 0.397 e. The van der Waals surface area contributed by atoms with E-state index in [-0.39, 0.29) is 11.7 Å². The number of carbonyl (C=O) groups is 1. The number of nitrogen functional groups attached to an aromatic ring is 1. The van der Waals surface area contributed by atoms with E-state index in [1.54, 1.807) is 6.92 Å². The molecule has 1 rings (SSSR count). The molecular weight excluding hydrogens is 221 g/mol. The van der Waals surface area contributed by atoms with Gasteiger partial charge in [0.15, 0.2) is 0 Å². The standard InChI is InChI=1S/C12H18FN3O/c1-3-6-15-12(17)8(2)16-11-7-9(13)4-5-10(11)14/h4-5,7-8,16H,3,6,14H2,1-2H3,(H,15,17). The van der Waals surface area contributed by atoms with Gasteiger partial charge < -0.3 is 16.4 Å². The minimum absolute atomic E-state index is 0.129. The fourth-order valence-corrected chi connectivity index (χ4v) is 1.35. The minimum Gasteiger partial charge on any atom is -0.397 e. The molecule has 0 bridgehead atoms. The third-order valence-corrected chi connectivity index (χ3v) is 2.33. The van der Waals surface area contributed by atoms with E-state index in [1.807, 2.05) is 6.92 Å². The third kappa shape index (κ3) is 3.94. The monoisotopic (exact) mass is 239 g/mol. The Morgan fingerprint density at radius 3 is 2.88 bits per heavy atom. The van der Waals surface area contributed by atoms with Crippen molar-refractivity contribution in [3.05, 3.63) is 24.0 Å². The maximum Gasteiger partial charge on any atom is 0.242 e. The summed E-state index contributed by atoms with van der Waals surface area (Å²) in [6.45, 7) is 4.31. The van der Waals surface area contributed by atoms with E-state index in [0.717, 1.165) is 6.42 Å². The first-order valence-corrected chi connectivity index (χ1v) is 5.64. The van der Waals surface area contributed by atoms with Crippen LogP contribution in [-0.2, 0) is 4.79 Å². The summed E-state index contributed by atoms with van der Waals surface area (Å²) in [7, 11) is 0. The van der Waals surface area contributed by atoms with Gasteiger partial charge in [-0.15, -0.1) is 0 Å². The fraction of sp³-hybridized carbons (Fsp3) is 0.417. The van der Waals surface area contributed by atoms with E-state index < -0.39 is 6.04 Å². The highest BCUT2D eigenvalue weighted by Gasteiger charge is 2.13. The van der Waals surface area contributed by atoms with Gasteiger partial charge >= 0.3 is 0 Å². The number of nitrogens with two attached hydrogens (primary N) is 1. The zero-order chi connectivity index (χ0) is 12.8. The van der Waals surface area contributed by atoms with E-state index in [2.05, 4.69) is 10.6 Å². The highest BCUT2D eigenvalue weighted by atomic mass is 19.1. The number of hydrogen-bond donors (Lipinski definition) is 3. The quantitative estimate of drug-likeness (QED) is 0.685. The van der Waals surface area contributed by atoms with Crippen LogP contribution in [0.25, 0.3) is 0 Å². The van der Waals surface area contributed by atoms with Gasteiger partial charge in [0.25, 0.3) is 0 Å². The van der Waals surface area contributed by atoms with Gasteiger partial charge in [0.1, 0.15) is 11.9 Å². The summed E-state index contributed by atoms with van der Waals surface area (Å²) in [6, 6.07) is 3.57. The van der Waals surface area contributed by atoms with Crippen LogP contribution in [0, 0.1) is 5.82 Å². The molecule has 1 atom stereocenters. The maximum absolute atomic E-state index is 13.0. The molecule has 0 heterocycles. The van der Waals surface area contributed by atoms with Crippen molar-refractivity contribution >= 4 is 17.3 Å². The summed E-state index contributed by atoms with van der Waals surface area (Å²) in [5, 5.41) is 5.63. The highest BCUT2D eigenvalue weighted by molar-refractivity contribution is 5.85. The lowest BCUT2D eigenvalue weighted by atomic mass is 10.2. The van der Waals surface area contributed by atoms with Crippen molar-refractivity contribution in [3.8, 4) is 0 Å². The molecule has 4 N–H and O–H groups in total. The summed E-state index contributed by atoms with van der Waals surface area (Å²) in [4.78, 5) is 11.6. The topological polar surface area (TPSA) is 67.2 Å². The average Bonchev–Trinajstić information content (AvgIpc) is 2.30. The van der Waals surface area contributed by atoms with Crippen LogP contribution >= 0.6 is 0 Å². The van der Waals surface area contributed by atoms with E-state index in [0.29, 0.717) is 17.9 Å². The first-order chi connectivity index (χ1) is 8.04. The Labute approximate surface area is 100 Å². The van der Waals surface area contributed by atoms with E-state index >= 15 is 0 Å². The van der Waals surface area contributed by atoms with Crippen LogP contribution < -0.4 is 16.4 Å². The van der Waals surface area contributed by atoms with Crippen LogP contribution in [0.1, 0.15) is 20.3 Å². The fourth-order valence-electron chi connectivity index (χ4n) is 1.35. The van der Waals surface area contributed by atoms with Gasteiger partial charge in [0.2, 0.25) is 5.91 Å². The minimum atomic E-state index is -0.453. The molecule has 1 unspecified atom stereocenters. The Hall–Kier alpha value is -1.78. The molecule has 0 aliphatic rings. The third-order valence-electron chi connectivity index (χ3n) is 2.33. The molecule has 0 aliphatic carbocycles. The Morgan fingerprint density at radius 1 is 1.53 bits per heavy atom. The Kier molecular flexibility index (Phi) is 4.75. The second kappa shape index (κ2) is 6.08. The van der Waals surface area contributed by atoms with Crippen molar-refractivity contribution < 1.29 is 9.18 Å². The van der Waals surface area contributed by atoms with Gasteiger partial charge in [-0.3, -0.25) is 4.79 Å². The predicted molar refractivity (Wildman–Crippen MR) is 67.2 cm³/mol. The Bertz CT molecular complexity index is 395. The molecule has 0 spiro atoms. The number of amides is 1. The zero-order valence-corrected chi connectivity index (χ0v) is 10.1. The first kappa shape index (κ1) is 13.3. The molecule has 0 aliphatic heterocycles. The first-order valence-electron chi connectivity index (χ1n) is 5.64. The molecule has 0 saturated carbocycles. The van der Waals surface area contributed by atoms with Gasteiger partial charge in [0.05, 0.1) is 11.4 Å². The maximum atomic E-state index is 13.0. The number of rotatable bonds is 5. The molecule has 0 fully saturated rings. The van der Waals surface area contributed by atoms with Crippen molar-refractivity contribution in [3.63, 3.8) is 0 Å². The molecule has 1 aromatic rings. The molecule has 0 saturated heterocycles. The van der Waals surface area contributed by atoms with Crippen LogP contribution in [0.4, 0.5) is 15.8 Å². The summed E-state index contributed by atoms with van der Waals surface area (Å²) in [6.07, 6.45) is 0.876.